The third-order valence-electron chi connectivity index (χ3n) is 0.470. The summed E-state index contributed by atoms with van der Waals surface area (Å²) in [5, 5.41) is 7.86. The van der Waals surface area contributed by atoms with Gasteiger partial charge in [-0.1, -0.05) is 37.1 Å². The zero-order valence-corrected chi connectivity index (χ0v) is 6.83. The Labute approximate surface area is 104 Å². The number of rotatable bonds is 4. The molecule has 0 rings (SSSR count). The molecule has 0 saturated carbocycles. The Morgan fingerprint density at radius 2 is 1.43 bits per heavy atom. The van der Waals surface area contributed by atoms with Gasteiger partial charge >= 0.3 is 0 Å². The van der Waals surface area contributed by atoms with E-state index in [9.17, 15) is 0 Å². The molecule has 0 aliphatic carbocycles. The van der Waals surface area contributed by atoms with E-state index in [4.69, 9.17) is 5.26 Å². The molecule has 0 amide bonds. The Kier molecular flexibility index (Phi) is 126. The molecule has 0 bridgehead atoms. The van der Waals surface area contributed by atoms with E-state index in [1.165, 1.54) is 6.92 Å². The van der Waals surface area contributed by atoms with Crippen LogP contribution in [0.15, 0.2) is 0 Å². The van der Waals surface area contributed by atoms with Crippen LogP contribution in [0, 0.1) is 0 Å². The second kappa shape index (κ2) is 37.5. The molecule has 0 aliphatic rings. The summed E-state index contributed by atoms with van der Waals surface area (Å²) in [4.78, 5) is 12.5. The Morgan fingerprint density at radius 1 is 1.07 bits per heavy atom. The molecule has 1 N–H and O–H groups in total. The predicted molar refractivity (Wildman–Crippen MR) is 59.5 cm³/mol. The summed E-state index contributed by atoms with van der Waals surface area (Å²) in [5.74, 6) is 0. The van der Waals surface area contributed by atoms with Crippen LogP contribution in [0.2, 0.25) is 0 Å². The molecule has 0 aromatic heterocycles. The van der Waals surface area contributed by atoms with Gasteiger partial charge in [0, 0.05) is 20.4 Å². The average Bonchev–Trinajstić information content (AvgIpc) is 1.83. The molecule has 1 unspecified atom stereocenters. The van der Waals surface area contributed by atoms with Crippen LogP contribution in [-0.2, 0) is 35.1 Å². The normalized spacial score (nSPS) is 7.93. The van der Waals surface area contributed by atoms with E-state index >= 15 is 0 Å². The van der Waals surface area contributed by atoms with Crippen molar-refractivity contribution in [1.82, 2.24) is 0 Å². The molecule has 0 spiro atoms. The van der Waals surface area contributed by atoms with Gasteiger partial charge in [0.15, 0.2) is 0 Å². The summed E-state index contributed by atoms with van der Waals surface area (Å²) in [6.45, 7) is 3.72. The topological polar surface area (TPSA) is 47.9 Å². The minimum atomic E-state index is -0.713. The Balaban J connectivity index is -0.0000000163. The molecule has 100 valence electrons. The minimum absolute atomic E-state index is 0. The minimum Gasteiger partial charge on any atom is -0.249 e. The van der Waals surface area contributed by atoms with Gasteiger partial charge < -0.3 is 0 Å². The van der Waals surface area contributed by atoms with Gasteiger partial charge in [0.1, 0.15) is 0 Å². The molecule has 0 aromatic carbocycles. The van der Waals surface area contributed by atoms with E-state index in [1.54, 1.807) is 6.92 Å². The maximum Gasteiger partial charge on any atom is 0.221 e. The molecule has 0 aliphatic heterocycles. The van der Waals surface area contributed by atoms with Crippen LogP contribution in [0.25, 0.3) is 0 Å². The molecular formula is C9H30O4Pd. The molecule has 14 heavy (non-hydrogen) atoms. The van der Waals surface area contributed by atoms with Crippen LogP contribution in [0.5, 0.6) is 0 Å². The van der Waals surface area contributed by atoms with Crippen molar-refractivity contribution in [2.45, 2.75) is 57.3 Å². The molecule has 0 heterocycles. The van der Waals surface area contributed by atoms with Gasteiger partial charge in [-0.3, -0.25) is 0 Å². The van der Waals surface area contributed by atoms with Gasteiger partial charge in [0.2, 0.25) is 6.29 Å². The summed E-state index contributed by atoms with van der Waals surface area (Å²) in [5.41, 5.74) is 0. The summed E-state index contributed by atoms with van der Waals surface area (Å²) in [6, 6.07) is 0. The second-order valence-corrected chi connectivity index (χ2v) is 1.18. The molecule has 4 nitrogen and oxygen atoms in total. The van der Waals surface area contributed by atoms with Crippen molar-refractivity contribution >= 4 is 0 Å². The maximum atomic E-state index is 7.86. The molecule has 0 fully saturated rings. The predicted octanol–water partition coefficient (Wildman–Crippen LogP) is 3.97. The van der Waals surface area contributed by atoms with Crippen molar-refractivity contribution in [2.75, 3.05) is 6.61 Å². The van der Waals surface area contributed by atoms with Gasteiger partial charge in [-0.2, -0.15) is 0 Å². The first-order valence-corrected chi connectivity index (χ1v) is 2.39. The smallest absolute Gasteiger partial charge is 0.221 e. The quantitative estimate of drug-likeness (QED) is 0.369. The summed E-state index contributed by atoms with van der Waals surface area (Å²) in [7, 11) is 0. The van der Waals surface area contributed by atoms with Gasteiger partial charge in [-0.25, -0.2) is 19.9 Å². The van der Waals surface area contributed by atoms with E-state index in [0.717, 1.165) is 0 Å². The fraction of sp³-hybridized carbons (Fsp3) is 1.00. The fourth-order valence-corrected chi connectivity index (χ4v) is 0.181. The molecular weight excluding hydrogens is 279 g/mol. The van der Waals surface area contributed by atoms with E-state index in [0.29, 0.717) is 6.61 Å². The Bertz CT molecular complexity index is 56.1. The van der Waals surface area contributed by atoms with Crippen LogP contribution in [0.3, 0.4) is 0 Å². The standard InChI is InChI=1S/C4H10O4.5CH4.Pd/c1-3-6-8-4(2)7-5;;;;;;/h4-5H,3H2,1-2H3;5*1H4;. The van der Waals surface area contributed by atoms with E-state index < -0.39 is 6.29 Å². The molecule has 0 radical (unpaired) electrons. The Hall–Kier alpha value is 0.502. The zero-order valence-electron chi connectivity index (χ0n) is 5.27. The van der Waals surface area contributed by atoms with Gasteiger partial charge in [0.25, 0.3) is 0 Å². The summed E-state index contributed by atoms with van der Waals surface area (Å²) < 4.78 is 0. The first-order chi connectivity index (χ1) is 3.81. The van der Waals surface area contributed by atoms with Gasteiger partial charge in [-0.15, -0.1) is 0 Å². The number of hydrogen-bond donors (Lipinski definition) is 1. The van der Waals surface area contributed by atoms with Crippen LogP contribution in [0.4, 0.5) is 0 Å². The van der Waals surface area contributed by atoms with Crippen molar-refractivity contribution in [1.29, 1.82) is 0 Å². The van der Waals surface area contributed by atoms with Crippen LogP contribution >= 0.6 is 0 Å². The maximum absolute atomic E-state index is 7.86. The average molecular weight is 309 g/mol. The first-order valence-electron chi connectivity index (χ1n) is 2.39. The third kappa shape index (κ3) is 39.1. The zero-order chi connectivity index (χ0) is 6.41. The van der Waals surface area contributed by atoms with Gasteiger partial charge in [-0.05, 0) is 13.8 Å². The van der Waals surface area contributed by atoms with Crippen molar-refractivity contribution < 1.29 is 40.3 Å². The van der Waals surface area contributed by atoms with E-state index in [-0.39, 0.29) is 57.6 Å². The van der Waals surface area contributed by atoms with E-state index in [1.807, 2.05) is 0 Å². The van der Waals surface area contributed by atoms with Crippen LogP contribution < -0.4 is 0 Å². The van der Waals surface area contributed by atoms with Gasteiger partial charge in [0.05, 0.1) is 6.61 Å². The van der Waals surface area contributed by atoms with Crippen LogP contribution in [0.1, 0.15) is 51.0 Å². The molecule has 5 heteroatoms. The summed E-state index contributed by atoms with van der Waals surface area (Å²) in [6.07, 6.45) is -0.713. The fourth-order valence-electron chi connectivity index (χ4n) is 0.181. The molecule has 0 saturated heterocycles. The molecule has 1 atom stereocenters. The van der Waals surface area contributed by atoms with Crippen molar-refractivity contribution in [3.05, 3.63) is 0 Å². The Morgan fingerprint density at radius 3 is 1.64 bits per heavy atom. The second-order valence-electron chi connectivity index (χ2n) is 1.18. The van der Waals surface area contributed by atoms with Crippen LogP contribution in [-0.4, -0.2) is 18.2 Å². The largest absolute Gasteiger partial charge is 0.249 e. The van der Waals surface area contributed by atoms with E-state index in [2.05, 4.69) is 14.7 Å². The monoisotopic (exact) mass is 308 g/mol. The molecule has 0 aromatic rings. The van der Waals surface area contributed by atoms with Crippen molar-refractivity contribution in [3.63, 3.8) is 0 Å². The third-order valence-corrected chi connectivity index (χ3v) is 0.470. The SMILES string of the molecule is C.C.C.C.C.CCOOC(C)OO.[Pd]. The number of hydrogen-bond acceptors (Lipinski definition) is 4. The van der Waals surface area contributed by atoms with Crippen molar-refractivity contribution in [2.24, 2.45) is 0 Å². The summed E-state index contributed by atoms with van der Waals surface area (Å²) >= 11 is 0. The van der Waals surface area contributed by atoms with Crippen molar-refractivity contribution in [3.8, 4) is 0 Å². The first kappa shape index (κ1) is 47.0.